The number of carbonyl (C=O) groups is 1. The Labute approximate surface area is 186 Å². The Morgan fingerprint density at radius 2 is 1.83 bits per heavy atom. The highest BCUT2D eigenvalue weighted by Gasteiger charge is 2.18. The van der Waals surface area contributed by atoms with Crippen molar-refractivity contribution in [1.29, 1.82) is 0 Å². The Balaban J connectivity index is 0.00000320. The van der Waals surface area contributed by atoms with Crippen molar-refractivity contribution in [2.75, 3.05) is 63.6 Å². The van der Waals surface area contributed by atoms with Crippen molar-refractivity contribution in [3.63, 3.8) is 0 Å². The van der Waals surface area contributed by atoms with Crippen LogP contribution in [0.4, 0.5) is 11.5 Å². The normalized spacial score (nSPS) is 14.2. The molecular weight excluding hydrogens is 398 g/mol. The zero-order valence-electron chi connectivity index (χ0n) is 18.3. The number of hydrogen-bond donors (Lipinski definition) is 1. The predicted molar refractivity (Wildman–Crippen MR) is 127 cm³/mol. The van der Waals surface area contributed by atoms with Crippen molar-refractivity contribution >= 4 is 29.8 Å². The van der Waals surface area contributed by atoms with E-state index in [0.717, 1.165) is 52.1 Å². The molecule has 1 saturated heterocycles. The monoisotopic (exact) mass is 431 g/mol. The molecule has 1 aromatic carbocycles. The first-order chi connectivity index (χ1) is 14.1. The van der Waals surface area contributed by atoms with Crippen molar-refractivity contribution in [2.45, 2.75) is 19.8 Å². The van der Waals surface area contributed by atoms with Crippen LogP contribution in [0, 0.1) is 0 Å². The number of piperazine rings is 1. The lowest BCUT2D eigenvalue weighted by Crippen LogP contribution is -2.47. The first-order valence-corrected chi connectivity index (χ1v) is 10.6. The summed E-state index contributed by atoms with van der Waals surface area (Å²) >= 11 is 0. The summed E-state index contributed by atoms with van der Waals surface area (Å²) in [4.78, 5) is 23.2. The molecule has 1 amide bonds. The summed E-state index contributed by atoms with van der Waals surface area (Å²) < 4.78 is 0. The van der Waals surface area contributed by atoms with Gasteiger partial charge in [-0.25, -0.2) is 4.98 Å². The summed E-state index contributed by atoms with van der Waals surface area (Å²) in [7, 11) is 3.52. The number of benzene rings is 1. The maximum Gasteiger partial charge on any atom is 0.257 e. The summed E-state index contributed by atoms with van der Waals surface area (Å²) in [5.74, 6) is 0.649. The van der Waals surface area contributed by atoms with Gasteiger partial charge in [0.1, 0.15) is 5.82 Å². The summed E-state index contributed by atoms with van der Waals surface area (Å²) in [6, 6.07) is 12.4. The van der Waals surface area contributed by atoms with Crippen LogP contribution in [0.15, 0.2) is 42.6 Å². The molecule has 30 heavy (non-hydrogen) atoms. The van der Waals surface area contributed by atoms with E-state index in [-0.39, 0.29) is 18.3 Å². The van der Waals surface area contributed by atoms with Gasteiger partial charge in [-0.1, -0.05) is 25.1 Å². The minimum Gasteiger partial charge on any atom is -0.369 e. The van der Waals surface area contributed by atoms with Gasteiger partial charge < -0.3 is 15.1 Å². The number of nitrogens with one attached hydrogen (secondary N) is 1. The van der Waals surface area contributed by atoms with Gasteiger partial charge >= 0.3 is 0 Å². The van der Waals surface area contributed by atoms with Crippen LogP contribution in [0.3, 0.4) is 0 Å². The number of anilines is 2. The summed E-state index contributed by atoms with van der Waals surface area (Å²) in [6.07, 6.45) is 3.83. The van der Waals surface area contributed by atoms with Crippen molar-refractivity contribution in [2.24, 2.45) is 0 Å². The highest BCUT2D eigenvalue weighted by atomic mass is 35.5. The van der Waals surface area contributed by atoms with E-state index in [1.165, 1.54) is 11.3 Å². The zero-order chi connectivity index (χ0) is 20.6. The highest BCUT2D eigenvalue weighted by Crippen LogP contribution is 2.22. The molecule has 6 nitrogen and oxygen atoms in total. The Kier molecular flexibility index (Phi) is 9.40. The number of nitrogens with zero attached hydrogens (tertiary/aromatic N) is 4. The average molecular weight is 432 g/mol. The molecule has 0 saturated carbocycles. The fraction of sp³-hybridized carbons (Fsp3) is 0.478. The van der Waals surface area contributed by atoms with E-state index < -0.39 is 0 Å². The first-order valence-electron chi connectivity index (χ1n) is 10.6. The van der Waals surface area contributed by atoms with Crippen LogP contribution in [-0.4, -0.2) is 74.1 Å². The van der Waals surface area contributed by atoms with Gasteiger partial charge in [0.15, 0.2) is 0 Å². The first kappa shape index (κ1) is 24.0. The van der Waals surface area contributed by atoms with E-state index in [4.69, 9.17) is 0 Å². The van der Waals surface area contributed by atoms with Crippen molar-refractivity contribution < 1.29 is 4.79 Å². The lowest BCUT2D eigenvalue weighted by atomic mass is 10.1. The lowest BCUT2D eigenvalue weighted by molar-refractivity contribution is 0.0828. The lowest BCUT2D eigenvalue weighted by Gasteiger charge is -2.37. The average Bonchev–Trinajstić information content (AvgIpc) is 2.77. The summed E-state index contributed by atoms with van der Waals surface area (Å²) in [5.41, 5.74) is 3.45. The van der Waals surface area contributed by atoms with E-state index in [1.54, 1.807) is 31.3 Å². The van der Waals surface area contributed by atoms with Gasteiger partial charge in [0, 0.05) is 58.7 Å². The van der Waals surface area contributed by atoms with Crippen LogP contribution in [0.25, 0.3) is 0 Å². The molecule has 0 unspecified atom stereocenters. The van der Waals surface area contributed by atoms with E-state index in [1.807, 2.05) is 6.07 Å². The van der Waals surface area contributed by atoms with Gasteiger partial charge in [0.2, 0.25) is 0 Å². The van der Waals surface area contributed by atoms with E-state index in [0.29, 0.717) is 11.4 Å². The van der Waals surface area contributed by atoms with Gasteiger partial charge in [0.05, 0.1) is 5.56 Å². The maximum absolute atomic E-state index is 12.3. The van der Waals surface area contributed by atoms with Gasteiger partial charge in [-0.3, -0.25) is 9.69 Å². The smallest absolute Gasteiger partial charge is 0.257 e. The minimum atomic E-state index is -0.0240. The van der Waals surface area contributed by atoms with E-state index in [2.05, 4.69) is 51.3 Å². The van der Waals surface area contributed by atoms with Crippen LogP contribution in [-0.2, 0) is 6.42 Å². The number of aryl methyl sites for hydroxylation is 1. The molecule has 3 rings (SSSR count). The summed E-state index contributed by atoms with van der Waals surface area (Å²) in [6.45, 7) is 8.42. The third kappa shape index (κ3) is 6.09. The van der Waals surface area contributed by atoms with Gasteiger partial charge in [-0.2, -0.15) is 0 Å². The van der Waals surface area contributed by atoms with Gasteiger partial charge in [-0.05, 0) is 43.1 Å². The molecule has 0 spiro atoms. The zero-order valence-corrected chi connectivity index (χ0v) is 19.1. The van der Waals surface area contributed by atoms with Crippen molar-refractivity contribution in [3.8, 4) is 0 Å². The molecule has 1 aliphatic rings. The second-order valence-electron chi connectivity index (χ2n) is 7.69. The standard InChI is InChI=1S/C23H33N5O.ClH/c1-4-19-9-5-6-11-21(19)28-17-15-27(16-18-28)14-8-13-25-22-20(10-7-12-24-22)23(29)26(2)3;/h5-7,9-12H,4,8,13-18H2,1-3H3,(H,24,25);1H. The highest BCUT2D eigenvalue weighted by molar-refractivity contribution is 5.98. The second-order valence-corrected chi connectivity index (χ2v) is 7.69. The second kappa shape index (κ2) is 11.8. The Bertz CT molecular complexity index is 806. The van der Waals surface area contributed by atoms with Crippen LogP contribution in [0.2, 0.25) is 0 Å². The van der Waals surface area contributed by atoms with Crippen LogP contribution in [0.1, 0.15) is 29.3 Å². The van der Waals surface area contributed by atoms with Crippen molar-refractivity contribution in [1.82, 2.24) is 14.8 Å². The Morgan fingerprint density at radius 1 is 1.10 bits per heavy atom. The molecule has 7 heteroatoms. The molecule has 2 aromatic rings. The Hall–Kier alpha value is -2.31. The number of carbonyl (C=O) groups excluding carboxylic acids is 1. The largest absolute Gasteiger partial charge is 0.369 e. The van der Waals surface area contributed by atoms with Gasteiger partial charge in [-0.15, -0.1) is 12.4 Å². The fourth-order valence-electron chi connectivity index (χ4n) is 3.80. The molecule has 0 atom stereocenters. The van der Waals surface area contributed by atoms with Crippen LogP contribution in [0.5, 0.6) is 0 Å². The number of halogens is 1. The molecule has 1 N–H and O–H groups in total. The van der Waals surface area contributed by atoms with E-state index >= 15 is 0 Å². The maximum atomic E-state index is 12.3. The molecule has 0 aliphatic carbocycles. The number of para-hydroxylation sites is 1. The summed E-state index contributed by atoms with van der Waals surface area (Å²) in [5, 5.41) is 3.34. The Morgan fingerprint density at radius 3 is 2.53 bits per heavy atom. The molecule has 0 bridgehead atoms. The fourth-order valence-corrected chi connectivity index (χ4v) is 3.80. The molecule has 1 fully saturated rings. The molecule has 164 valence electrons. The number of aromatic nitrogens is 1. The quantitative estimate of drug-likeness (QED) is 0.649. The molecular formula is C23H34ClN5O. The molecule has 1 aliphatic heterocycles. The molecule has 2 heterocycles. The predicted octanol–water partition coefficient (Wildman–Crippen LogP) is 3.39. The number of pyridine rings is 1. The topological polar surface area (TPSA) is 51.7 Å². The molecule has 1 aromatic heterocycles. The van der Waals surface area contributed by atoms with Crippen LogP contribution < -0.4 is 10.2 Å². The minimum absolute atomic E-state index is 0. The number of rotatable bonds is 8. The molecule has 0 radical (unpaired) electrons. The van der Waals surface area contributed by atoms with Crippen LogP contribution >= 0.6 is 12.4 Å². The third-order valence-corrected chi connectivity index (χ3v) is 5.47. The van der Waals surface area contributed by atoms with Crippen molar-refractivity contribution in [3.05, 3.63) is 53.7 Å². The number of amides is 1. The SMILES string of the molecule is CCc1ccccc1N1CCN(CCCNc2ncccc2C(=O)N(C)C)CC1.Cl. The third-order valence-electron chi connectivity index (χ3n) is 5.47. The van der Waals surface area contributed by atoms with Gasteiger partial charge in [0.25, 0.3) is 5.91 Å². The number of hydrogen-bond acceptors (Lipinski definition) is 5. The van der Waals surface area contributed by atoms with E-state index in [9.17, 15) is 4.79 Å².